The van der Waals surface area contributed by atoms with Crippen LogP contribution in [-0.2, 0) is 11.2 Å². The van der Waals surface area contributed by atoms with Gasteiger partial charge in [0.1, 0.15) is 11.4 Å². The normalized spacial score (nSPS) is 15.6. The molecule has 7 nitrogen and oxygen atoms in total. The van der Waals surface area contributed by atoms with Crippen molar-refractivity contribution in [2.45, 2.75) is 38.3 Å². The lowest BCUT2D eigenvalue weighted by Crippen LogP contribution is -2.50. The van der Waals surface area contributed by atoms with Crippen LogP contribution in [0.15, 0.2) is 73.6 Å². The molecule has 0 saturated carbocycles. The number of aromatic nitrogens is 2. The van der Waals surface area contributed by atoms with Crippen molar-refractivity contribution in [3.8, 4) is 11.5 Å². The summed E-state index contributed by atoms with van der Waals surface area (Å²) in [6, 6.07) is 5.69. The Morgan fingerprint density at radius 1 is 1.35 bits per heavy atom. The van der Waals surface area contributed by atoms with Crippen molar-refractivity contribution in [3.63, 3.8) is 0 Å². The first-order valence-corrected chi connectivity index (χ1v) is 12.5. The molecule has 0 spiro atoms. The third kappa shape index (κ3) is 6.72. The molecular weight excluding hydrogens is 469 g/mol. The van der Waals surface area contributed by atoms with Gasteiger partial charge in [-0.2, -0.15) is 0 Å². The minimum absolute atomic E-state index is 0.0772. The molecular formula is C29H34FN5O2. The number of amides is 1. The molecule has 0 bridgehead atoms. The summed E-state index contributed by atoms with van der Waals surface area (Å²) in [7, 11) is 0. The number of ether oxygens (including phenoxy) is 1. The maximum Gasteiger partial charge on any atom is 0.237 e. The molecule has 1 unspecified atom stereocenters. The number of carbonyl (C=O) groups is 1. The van der Waals surface area contributed by atoms with Crippen molar-refractivity contribution in [1.29, 1.82) is 0 Å². The Kier molecular flexibility index (Phi) is 8.53. The summed E-state index contributed by atoms with van der Waals surface area (Å²) in [4.78, 5) is 22.4. The standard InChI is InChI=1S/C29H34FN5O2/c1-4-5-6-19(2)18-35-13-10-22(11-14-35)34-29(36)24(31)16-21-7-8-25(23(30)15-21)37-26-9-12-32-28-27(26)20(3)17-33-28/h4-9,12,15,17,22,24H,1-2,10-11,13-14,16,18,31H2,3H3,(H,32,33)(H,34,36)/b6-5-. The molecule has 2 aromatic heterocycles. The fraction of sp³-hybridized carbons (Fsp3) is 0.310. The molecule has 4 rings (SSSR count). The molecule has 0 aliphatic carbocycles. The number of pyridine rings is 1. The largest absolute Gasteiger partial charge is 0.453 e. The number of benzene rings is 1. The van der Waals surface area contributed by atoms with Crippen molar-refractivity contribution in [2.24, 2.45) is 5.73 Å². The molecule has 1 atom stereocenters. The lowest BCUT2D eigenvalue weighted by Gasteiger charge is -2.33. The topological polar surface area (TPSA) is 96.3 Å². The SMILES string of the molecule is C=C/C=C\C(=C)CN1CCC(NC(=O)C(N)Cc2ccc(Oc3ccnc4[nH]cc(C)c34)c(F)c2)CC1. The van der Waals surface area contributed by atoms with Gasteiger partial charge >= 0.3 is 0 Å². The van der Waals surface area contributed by atoms with Crippen LogP contribution < -0.4 is 15.8 Å². The van der Waals surface area contributed by atoms with Gasteiger partial charge in [0, 0.05) is 38.1 Å². The van der Waals surface area contributed by atoms with E-state index in [0.717, 1.165) is 49.0 Å². The van der Waals surface area contributed by atoms with Crippen molar-refractivity contribution < 1.29 is 13.9 Å². The summed E-state index contributed by atoms with van der Waals surface area (Å²) >= 11 is 0. The van der Waals surface area contributed by atoms with Crippen molar-refractivity contribution in [2.75, 3.05) is 19.6 Å². The first-order valence-electron chi connectivity index (χ1n) is 12.5. The minimum Gasteiger partial charge on any atom is -0.453 e. The van der Waals surface area contributed by atoms with Gasteiger partial charge in [-0.15, -0.1) is 0 Å². The second-order valence-electron chi connectivity index (χ2n) is 9.49. The van der Waals surface area contributed by atoms with Gasteiger partial charge in [0.2, 0.25) is 5.91 Å². The number of nitrogens with one attached hydrogen (secondary N) is 2. The third-order valence-corrected chi connectivity index (χ3v) is 6.57. The van der Waals surface area contributed by atoms with Crippen molar-refractivity contribution >= 4 is 16.9 Å². The van der Waals surface area contributed by atoms with Gasteiger partial charge in [0.05, 0.1) is 11.4 Å². The van der Waals surface area contributed by atoms with Crippen LogP contribution in [0.1, 0.15) is 24.0 Å². The number of nitrogens with zero attached hydrogens (tertiary/aromatic N) is 2. The number of fused-ring (bicyclic) bond motifs is 1. The van der Waals surface area contributed by atoms with E-state index in [1.807, 2.05) is 25.3 Å². The van der Waals surface area contributed by atoms with Gasteiger partial charge in [-0.05, 0) is 61.1 Å². The predicted molar refractivity (Wildman–Crippen MR) is 145 cm³/mol. The second kappa shape index (κ2) is 12.0. The number of aryl methyl sites for hydroxylation is 1. The quantitative estimate of drug-likeness (QED) is 0.353. The van der Waals surface area contributed by atoms with Crippen LogP contribution in [0.2, 0.25) is 0 Å². The zero-order valence-electron chi connectivity index (χ0n) is 21.2. The number of halogens is 1. The van der Waals surface area contributed by atoms with E-state index in [2.05, 4.69) is 33.3 Å². The van der Waals surface area contributed by atoms with Crippen LogP contribution >= 0.6 is 0 Å². The number of nitrogens with two attached hydrogens (primary N) is 1. The van der Waals surface area contributed by atoms with E-state index in [-0.39, 0.29) is 24.1 Å². The van der Waals surface area contributed by atoms with Gasteiger partial charge in [-0.1, -0.05) is 37.5 Å². The summed E-state index contributed by atoms with van der Waals surface area (Å²) in [5.41, 5.74) is 9.47. The number of piperidine rings is 1. The summed E-state index contributed by atoms with van der Waals surface area (Å²) in [5, 5.41) is 3.87. The molecule has 1 aromatic carbocycles. The van der Waals surface area contributed by atoms with E-state index in [0.29, 0.717) is 17.0 Å². The summed E-state index contributed by atoms with van der Waals surface area (Å²) < 4.78 is 20.7. The molecule has 3 aromatic rings. The van der Waals surface area contributed by atoms with Gasteiger partial charge < -0.3 is 20.8 Å². The first-order chi connectivity index (χ1) is 17.8. The first kappa shape index (κ1) is 26.3. The number of aromatic amines is 1. The van der Waals surface area contributed by atoms with Crippen molar-refractivity contribution in [3.05, 3.63) is 90.6 Å². The van der Waals surface area contributed by atoms with Crippen LogP contribution in [0, 0.1) is 12.7 Å². The molecule has 1 amide bonds. The van der Waals surface area contributed by atoms with E-state index in [1.54, 1.807) is 30.5 Å². The smallest absolute Gasteiger partial charge is 0.237 e. The highest BCUT2D eigenvalue weighted by Crippen LogP contribution is 2.32. The highest BCUT2D eigenvalue weighted by atomic mass is 19.1. The van der Waals surface area contributed by atoms with Gasteiger partial charge in [-0.25, -0.2) is 9.37 Å². The van der Waals surface area contributed by atoms with Gasteiger partial charge in [0.25, 0.3) is 0 Å². The van der Waals surface area contributed by atoms with E-state index < -0.39 is 11.9 Å². The second-order valence-corrected chi connectivity index (χ2v) is 9.49. The number of carbonyl (C=O) groups excluding carboxylic acids is 1. The fourth-order valence-corrected chi connectivity index (χ4v) is 4.58. The molecule has 4 N–H and O–H groups in total. The molecule has 1 aliphatic heterocycles. The molecule has 0 radical (unpaired) electrons. The highest BCUT2D eigenvalue weighted by molar-refractivity contribution is 5.86. The zero-order valence-corrected chi connectivity index (χ0v) is 21.2. The third-order valence-electron chi connectivity index (χ3n) is 6.57. The predicted octanol–water partition coefficient (Wildman–Crippen LogP) is 4.55. The van der Waals surface area contributed by atoms with Crippen LogP contribution in [-0.4, -0.2) is 52.5 Å². The van der Waals surface area contributed by atoms with E-state index in [4.69, 9.17) is 10.5 Å². The lowest BCUT2D eigenvalue weighted by atomic mass is 10.0. The number of rotatable bonds is 10. The Hall–Kier alpha value is -3.75. The van der Waals surface area contributed by atoms with Crippen LogP contribution in [0.5, 0.6) is 11.5 Å². The summed E-state index contributed by atoms with van der Waals surface area (Å²) in [6.07, 6.45) is 10.9. The Labute approximate surface area is 216 Å². The average Bonchev–Trinajstić information content (AvgIpc) is 3.27. The number of H-pyrrole nitrogens is 1. The van der Waals surface area contributed by atoms with E-state index in [1.165, 1.54) is 6.07 Å². The molecule has 1 fully saturated rings. The molecule has 8 heteroatoms. The highest BCUT2D eigenvalue weighted by Gasteiger charge is 2.23. The Morgan fingerprint density at radius 3 is 2.86 bits per heavy atom. The molecule has 3 heterocycles. The van der Waals surface area contributed by atoms with Gasteiger partial charge in [-0.3, -0.25) is 9.69 Å². The van der Waals surface area contributed by atoms with Crippen LogP contribution in [0.3, 0.4) is 0 Å². The van der Waals surface area contributed by atoms with Gasteiger partial charge in [0.15, 0.2) is 11.6 Å². The number of allylic oxidation sites excluding steroid dienone is 2. The zero-order chi connectivity index (χ0) is 26.4. The molecule has 1 aliphatic rings. The molecule has 1 saturated heterocycles. The maximum atomic E-state index is 14.9. The Morgan fingerprint density at radius 2 is 2.14 bits per heavy atom. The average molecular weight is 504 g/mol. The number of hydrogen-bond acceptors (Lipinski definition) is 5. The molecule has 194 valence electrons. The lowest BCUT2D eigenvalue weighted by molar-refractivity contribution is -0.123. The van der Waals surface area contributed by atoms with Crippen molar-refractivity contribution in [1.82, 2.24) is 20.2 Å². The minimum atomic E-state index is -0.768. The van der Waals surface area contributed by atoms with Crippen LogP contribution in [0.25, 0.3) is 11.0 Å². The Bertz CT molecular complexity index is 1310. The monoisotopic (exact) mass is 503 g/mol. The summed E-state index contributed by atoms with van der Waals surface area (Å²) in [5.74, 6) is -0.112. The number of hydrogen-bond donors (Lipinski definition) is 3. The van der Waals surface area contributed by atoms with Crippen LogP contribution in [0.4, 0.5) is 4.39 Å². The van der Waals surface area contributed by atoms with E-state index in [9.17, 15) is 9.18 Å². The fourth-order valence-electron chi connectivity index (χ4n) is 4.58. The Balaban J connectivity index is 1.28. The van der Waals surface area contributed by atoms with E-state index >= 15 is 0 Å². The summed E-state index contributed by atoms with van der Waals surface area (Å²) in [6.45, 7) is 12.2. The maximum absolute atomic E-state index is 14.9. The number of likely N-dealkylation sites (tertiary alicyclic amines) is 1. The molecule has 37 heavy (non-hydrogen) atoms.